The zero-order valence-corrected chi connectivity index (χ0v) is 16.9. The first-order chi connectivity index (χ1) is 14.6. The molecule has 1 aromatic carbocycles. The lowest BCUT2D eigenvalue weighted by atomic mass is 9.91. The number of carboxylic acids is 1. The fourth-order valence-electron chi connectivity index (χ4n) is 3.93. The van der Waals surface area contributed by atoms with Crippen LogP contribution in [-0.2, 0) is 11.2 Å². The molecule has 9 heteroatoms. The van der Waals surface area contributed by atoms with Gasteiger partial charge in [-0.2, -0.15) is 8.78 Å². The zero-order chi connectivity index (χ0) is 22.8. The van der Waals surface area contributed by atoms with E-state index in [0.717, 1.165) is 0 Å². The number of aromatic carboxylic acids is 1. The van der Waals surface area contributed by atoms with Crippen molar-refractivity contribution in [1.82, 2.24) is 0 Å². The molecule has 0 radical (unpaired) electrons. The van der Waals surface area contributed by atoms with Crippen molar-refractivity contribution in [2.75, 3.05) is 6.61 Å². The number of aryl methyl sites for hydroxylation is 1. The molecule has 170 valence electrons. The third-order valence-electron chi connectivity index (χ3n) is 5.75. The molecule has 0 spiro atoms. The van der Waals surface area contributed by atoms with Gasteiger partial charge in [0.05, 0.1) is 23.9 Å². The van der Waals surface area contributed by atoms with Gasteiger partial charge in [0.25, 0.3) is 0 Å². The SMILES string of the molecule is C[C@@](O)(C/C=C/[C@H]1OC[C@@H]2Oc3c(ccc(C(=O)O)c3F)CC[C@@H]21)CCC(F)=C(F)F. The predicted octanol–water partition coefficient (Wildman–Crippen LogP) is 4.79. The molecular weight excluding hydrogens is 420 g/mol. The molecule has 5 nitrogen and oxygen atoms in total. The Kier molecular flexibility index (Phi) is 7.06. The van der Waals surface area contributed by atoms with Crippen molar-refractivity contribution in [3.8, 4) is 5.75 Å². The number of carbonyl (C=O) groups is 1. The van der Waals surface area contributed by atoms with Crippen LogP contribution in [0.3, 0.4) is 0 Å². The lowest BCUT2D eigenvalue weighted by molar-refractivity contribution is 0.0517. The van der Waals surface area contributed by atoms with Gasteiger partial charge in [0.15, 0.2) is 17.4 Å². The van der Waals surface area contributed by atoms with Gasteiger partial charge in [-0.1, -0.05) is 18.2 Å². The molecule has 31 heavy (non-hydrogen) atoms. The number of benzene rings is 1. The number of carboxylic acid groups (broad SMARTS) is 1. The highest BCUT2D eigenvalue weighted by Crippen LogP contribution is 2.38. The fraction of sp³-hybridized carbons (Fsp3) is 0.500. The molecule has 2 heterocycles. The van der Waals surface area contributed by atoms with Crippen molar-refractivity contribution < 1.29 is 42.0 Å². The minimum Gasteiger partial charge on any atom is -0.484 e. The second-order valence-electron chi connectivity index (χ2n) is 8.17. The highest BCUT2D eigenvalue weighted by Gasteiger charge is 2.40. The third-order valence-corrected chi connectivity index (χ3v) is 5.75. The summed E-state index contributed by atoms with van der Waals surface area (Å²) in [6.07, 6.45) is 0.701. The Labute approximate surface area is 177 Å². The largest absolute Gasteiger partial charge is 0.484 e. The fourth-order valence-corrected chi connectivity index (χ4v) is 3.93. The monoisotopic (exact) mass is 444 g/mol. The Morgan fingerprint density at radius 2 is 2.06 bits per heavy atom. The quantitative estimate of drug-likeness (QED) is 0.467. The maximum Gasteiger partial charge on any atom is 0.338 e. The summed E-state index contributed by atoms with van der Waals surface area (Å²) in [5.74, 6) is -3.96. The second-order valence-corrected chi connectivity index (χ2v) is 8.17. The Morgan fingerprint density at radius 1 is 1.32 bits per heavy atom. The summed E-state index contributed by atoms with van der Waals surface area (Å²) < 4.78 is 63.4. The molecule has 2 N–H and O–H groups in total. The summed E-state index contributed by atoms with van der Waals surface area (Å²) >= 11 is 0. The molecule has 3 rings (SSSR count). The number of allylic oxidation sites excluding steroid dienone is 1. The zero-order valence-electron chi connectivity index (χ0n) is 16.9. The van der Waals surface area contributed by atoms with Gasteiger partial charge >= 0.3 is 12.0 Å². The van der Waals surface area contributed by atoms with Crippen LogP contribution < -0.4 is 4.74 Å². The van der Waals surface area contributed by atoms with E-state index < -0.39 is 47.4 Å². The third kappa shape index (κ3) is 5.46. The number of ether oxygens (including phenoxy) is 2. The van der Waals surface area contributed by atoms with E-state index in [-0.39, 0.29) is 37.2 Å². The molecule has 1 aromatic rings. The molecule has 0 bridgehead atoms. The molecule has 0 aliphatic carbocycles. The van der Waals surface area contributed by atoms with Crippen LogP contribution in [0.1, 0.15) is 48.5 Å². The van der Waals surface area contributed by atoms with Crippen molar-refractivity contribution in [2.45, 2.75) is 56.8 Å². The van der Waals surface area contributed by atoms with Crippen LogP contribution in [-0.4, -0.2) is 40.6 Å². The van der Waals surface area contributed by atoms with Crippen molar-refractivity contribution >= 4 is 5.97 Å². The Bertz CT molecular complexity index is 892. The maximum atomic E-state index is 14.6. The molecule has 2 aliphatic rings. The Morgan fingerprint density at radius 3 is 2.74 bits per heavy atom. The molecule has 0 saturated carbocycles. The highest BCUT2D eigenvalue weighted by molar-refractivity contribution is 5.88. The van der Waals surface area contributed by atoms with E-state index in [9.17, 15) is 27.5 Å². The first kappa shape index (κ1) is 23.3. The van der Waals surface area contributed by atoms with E-state index in [1.54, 1.807) is 18.2 Å². The van der Waals surface area contributed by atoms with E-state index >= 15 is 0 Å². The van der Waals surface area contributed by atoms with Gasteiger partial charge in [0.1, 0.15) is 6.10 Å². The summed E-state index contributed by atoms with van der Waals surface area (Å²) in [6, 6.07) is 2.78. The van der Waals surface area contributed by atoms with E-state index in [0.29, 0.717) is 18.4 Å². The van der Waals surface area contributed by atoms with Crippen LogP contribution in [0.2, 0.25) is 0 Å². The van der Waals surface area contributed by atoms with E-state index in [1.807, 2.05) is 0 Å². The highest BCUT2D eigenvalue weighted by atomic mass is 19.3. The van der Waals surface area contributed by atoms with Gasteiger partial charge in [-0.05, 0) is 44.2 Å². The number of fused-ring (bicyclic) bond motifs is 2. The summed E-state index contributed by atoms with van der Waals surface area (Å²) in [5.41, 5.74) is -1.22. The van der Waals surface area contributed by atoms with E-state index in [1.165, 1.54) is 13.0 Å². The number of hydrogen-bond donors (Lipinski definition) is 2. The molecule has 0 unspecified atom stereocenters. The first-order valence-corrected chi connectivity index (χ1v) is 10.0. The lowest BCUT2D eigenvalue weighted by Gasteiger charge is -2.22. The van der Waals surface area contributed by atoms with Crippen LogP contribution in [0, 0.1) is 11.7 Å². The van der Waals surface area contributed by atoms with E-state index in [2.05, 4.69) is 0 Å². The number of rotatable bonds is 7. The average Bonchev–Trinajstić information content (AvgIpc) is 2.96. The number of halogens is 4. The van der Waals surface area contributed by atoms with Crippen LogP contribution in [0.5, 0.6) is 5.75 Å². The normalized spacial score (nSPS) is 24.6. The minimum atomic E-state index is -2.38. The standard InChI is InChI=1S/C22H24F4O5/c1-22(29,10-8-15(23)20(25)26)9-2-3-16-13-6-4-12-5-7-14(21(27)28)18(24)19(12)31-17(13)11-30-16/h2-3,5,7,13,16-17,29H,4,6,8-11H2,1H3,(H,27,28)/b3-2+/t13-,16-,17+,22-/m1/s1. The molecule has 4 atom stereocenters. The van der Waals surface area contributed by atoms with Gasteiger partial charge in [0.2, 0.25) is 0 Å². The second kappa shape index (κ2) is 9.40. The van der Waals surface area contributed by atoms with Crippen LogP contribution >= 0.6 is 0 Å². The van der Waals surface area contributed by atoms with Crippen LogP contribution in [0.25, 0.3) is 0 Å². The number of aliphatic hydroxyl groups is 1. The molecular formula is C22H24F4O5. The van der Waals surface area contributed by atoms with Gasteiger partial charge in [-0.3, -0.25) is 0 Å². The number of hydrogen-bond acceptors (Lipinski definition) is 4. The minimum absolute atomic E-state index is 0.0567. The molecule has 1 saturated heterocycles. The van der Waals surface area contributed by atoms with Gasteiger partial charge < -0.3 is 19.7 Å². The average molecular weight is 444 g/mol. The van der Waals surface area contributed by atoms with Crippen LogP contribution in [0.15, 0.2) is 36.2 Å². The molecule has 1 fully saturated rings. The summed E-state index contributed by atoms with van der Waals surface area (Å²) in [7, 11) is 0. The van der Waals surface area contributed by atoms with Crippen LogP contribution in [0.4, 0.5) is 17.6 Å². The Hall–Kier alpha value is -2.39. The molecule has 0 aromatic heterocycles. The van der Waals surface area contributed by atoms with Gasteiger partial charge in [-0.25, -0.2) is 13.6 Å². The van der Waals surface area contributed by atoms with Gasteiger partial charge in [-0.15, -0.1) is 0 Å². The lowest BCUT2D eigenvalue weighted by Crippen LogP contribution is -2.28. The topological polar surface area (TPSA) is 76.0 Å². The summed E-state index contributed by atoms with van der Waals surface area (Å²) in [5, 5.41) is 19.4. The van der Waals surface area contributed by atoms with Crippen molar-refractivity contribution in [1.29, 1.82) is 0 Å². The predicted molar refractivity (Wildman–Crippen MR) is 103 cm³/mol. The molecule has 0 amide bonds. The summed E-state index contributed by atoms with van der Waals surface area (Å²) in [6.45, 7) is 1.63. The van der Waals surface area contributed by atoms with Gasteiger partial charge in [0, 0.05) is 12.3 Å². The van der Waals surface area contributed by atoms with Crippen molar-refractivity contribution in [3.05, 3.63) is 53.1 Å². The van der Waals surface area contributed by atoms with E-state index in [4.69, 9.17) is 14.6 Å². The first-order valence-electron chi connectivity index (χ1n) is 10.0. The molecule has 2 aliphatic heterocycles. The van der Waals surface area contributed by atoms with Crippen molar-refractivity contribution in [3.63, 3.8) is 0 Å². The Balaban J connectivity index is 1.63. The maximum absolute atomic E-state index is 14.6. The summed E-state index contributed by atoms with van der Waals surface area (Å²) in [4.78, 5) is 11.2. The smallest absolute Gasteiger partial charge is 0.338 e. The van der Waals surface area contributed by atoms with Crippen molar-refractivity contribution in [2.24, 2.45) is 5.92 Å².